The molecule has 0 radical (unpaired) electrons. The van der Waals surface area contributed by atoms with Gasteiger partial charge < -0.3 is 19.0 Å². The van der Waals surface area contributed by atoms with Gasteiger partial charge in [0.1, 0.15) is 23.9 Å². The smallest absolute Gasteiger partial charge is 0.289 e. The summed E-state index contributed by atoms with van der Waals surface area (Å²) in [6.07, 6.45) is 4.50. The molecule has 3 aromatic rings. The zero-order valence-electron chi connectivity index (χ0n) is 22.6. The van der Waals surface area contributed by atoms with E-state index < -0.39 is 0 Å². The second-order valence-corrected chi connectivity index (χ2v) is 10.8. The van der Waals surface area contributed by atoms with Gasteiger partial charge in [0.15, 0.2) is 5.76 Å². The van der Waals surface area contributed by atoms with Crippen LogP contribution in [0.5, 0.6) is 5.75 Å². The number of carbonyl (C=O) groups is 2. The van der Waals surface area contributed by atoms with E-state index in [1.165, 1.54) is 12.1 Å². The summed E-state index contributed by atoms with van der Waals surface area (Å²) in [5.74, 6) is 1.37. The van der Waals surface area contributed by atoms with E-state index in [0.29, 0.717) is 36.9 Å². The van der Waals surface area contributed by atoms with E-state index in [0.717, 1.165) is 55.6 Å². The van der Waals surface area contributed by atoms with Crippen LogP contribution >= 0.6 is 0 Å². The standard InChI is InChI=1S/C32H34FN3O4/c1-2-14-34-16-18-35(19-17-34)32(38)29-12-11-27(40-29)21-39-26-10-7-22-13-15-36(31(37)24-3-4-24)30(28(22)20-26)23-5-8-25(33)9-6-23/h2,5-12,20,24,30H,1,3-4,13-19,21H2/t30-/m1/s1. The molecule has 208 valence electrons. The van der Waals surface area contributed by atoms with Gasteiger partial charge in [-0.25, -0.2) is 4.39 Å². The van der Waals surface area contributed by atoms with Gasteiger partial charge >= 0.3 is 0 Å². The van der Waals surface area contributed by atoms with Crippen molar-refractivity contribution < 1.29 is 23.1 Å². The maximum Gasteiger partial charge on any atom is 0.289 e. The molecule has 1 saturated carbocycles. The Labute approximate surface area is 233 Å². The lowest BCUT2D eigenvalue weighted by Gasteiger charge is -2.38. The number of hydrogen-bond acceptors (Lipinski definition) is 5. The van der Waals surface area contributed by atoms with Crippen LogP contribution in [0.15, 0.2) is 71.7 Å². The SMILES string of the molecule is C=CCN1CCN(C(=O)c2ccc(COc3ccc4c(c3)[C@@H](c3ccc(F)cc3)N(C(=O)C3CC3)CC4)o2)CC1. The Kier molecular flexibility index (Phi) is 7.43. The molecule has 2 aliphatic heterocycles. The number of amides is 2. The van der Waals surface area contributed by atoms with Gasteiger partial charge in [-0.2, -0.15) is 0 Å². The second kappa shape index (κ2) is 11.3. The van der Waals surface area contributed by atoms with Crippen molar-refractivity contribution in [2.24, 2.45) is 5.92 Å². The van der Waals surface area contributed by atoms with Crippen LogP contribution < -0.4 is 4.74 Å². The third-order valence-electron chi connectivity index (χ3n) is 8.04. The molecule has 2 amide bonds. The highest BCUT2D eigenvalue weighted by Gasteiger charge is 2.39. The summed E-state index contributed by atoms with van der Waals surface area (Å²) < 4.78 is 25.7. The maximum absolute atomic E-state index is 13.7. The topological polar surface area (TPSA) is 66.2 Å². The molecular formula is C32H34FN3O4. The largest absolute Gasteiger partial charge is 0.486 e. The molecule has 2 fully saturated rings. The lowest BCUT2D eigenvalue weighted by atomic mass is 9.87. The number of halogens is 1. The monoisotopic (exact) mass is 543 g/mol. The van der Waals surface area contributed by atoms with Crippen LogP contribution in [0.3, 0.4) is 0 Å². The number of hydrogen-bond donors (Lipinski definition) is 0. The molecule has 0 N–H and O–H groups in total. The molecule has 3 heterocycles. The third-order valence-corrected chi connectivity index (χ3v) is 8.04. The van der Waals surface area contributed by atoms with E-state index in [4.69, 9.17) is 9.15 Å². The van der Waals surface area contributed by atoms with Gasteiger partial charge in [-0.05, 0) is 72.4 Å². The Hall–Kier alpha value is -3.91. The zero-order valence-corrected chi connectivity index (χ0v) is 22.6. The van der Waals surface area contributed by atoms with Crippen molar-refractivity contribution in [1.29, 1.82) is 0 Å². The molecule has 0 bridgehead atoms. The molecular weight excluding hydrogens is 509 g/mol. The predicted molar refractivity (Wildman–Crippen MR) is 148 cm³/mol. The molecule has 40 heavy (non-hydrogen) atoms. The van der Waals surface area contributed by atoms with Crippen LogP contribution in [0.4, 0.5) is 4.39 Å². The van der Waals surface area contributed by atoms with Crippen molar-refractivity contribution in [3.8, 4) is 5.75 Å². The van der Waals surface area contributed by atoms with Gasteiger partial charge in [0.25, 0.3) is 5.91 Å². The van der Waals surface area contributed by atoms with Crippen molar-refractivity contribution in [3.05, 3.63) is 101 Å². The molecule has 6 rings (SSSR count). The summed E-state index contributed by atoms with van der Waals surface area (Å²) in [6, 6.07) is 15.6. The lowest BCUT2D eigenvalue weighted by Crippen LogP contribution is -2.48. The van der Waals surface area contributed by atoms with Crippen molar-refractivity contribution in [2.45, 2.75) is 31.9 Å². The van der Waals surface area contributed by atoms with Crippen molar-refractivity contribution in [2.75, 3.05) is 39.3 Å². The fraction of sp³-hybridized carbons (Fsp3) is 0.375. The van der Waals surface area contributed by atoms with Crippen LogP contribution in [-0.4, -0.2) is 65.8 Å². The first kappa shape index (κ1) is 26.3. The summed E-state index contributed by atoms with van der Waals surface area (Å²) in [5.41, 5.74) is 3.03. The summed E-state index contributed by atoms with van der Waals surface area (Å²) in [4.78, 5) is 32.2. The number of rotatable bonds is 8. The molecule has 1 saturated heterocycles. The fourth-order valence-corrected chi connectivity index (χ4v) is 5.69. The molecule has 1 aromatic heterocycles. The van der Waals surface area contributed by atoms with Gasteiger partial charge in [0.05, 0.1) is 6.04 Å². The normalized spacial score (nSPS) is 19.3. The Morgan fingerprint density at radius 2 is 1.77 bits per heavy atom. The number of furan rings is 1. The average molecular weight is 544 g/mol. The van der Waals surface area contributed by atoms with E-state index >= 15 is 0 Å². The molecule has 1 atom stereocenters. The average Bonchev–Trinajstić information content (AvgIpc) is 3.73. The highest BCUT2D eigenvalue weighted by Crippen LogP contribution is 2.41. The highest BCUT2D eigenvalue weighted by atomic mass is 19.1. The molecule has 3 aliphatic rings. The first-order chi connectivity index (χ1) is 19.5. The Bertz CT molecular complexity index is 1390. The molecule has 1 aliphatic carbocycles. The minimum absolute atomic E-state index is 0.0933. The van der Waals surface area contributed by atoms with E-state index in [9.17, 15) is 14.0 Å². The van der Waals surface area contributed by atoms with Crippen LogP contribution in [-0.2, 0) is 17.8 Å². The number of nitrogens with zero attached hydrogens (tertiary/aromatic N) is 3. The van der Waals surface area contributed by atoms with Gasteiger partial charge in [-0.1, -0.05) is 24.3 Å². The summed E-state index contributed by atoms with van der Waals surface area (Å²) in [5, 5.41) is 0. The molecule has 0 spiro atoms. The number of ether oxygens (including phenoxy) is 1. The van der Waals surface area contributed by atoms with E-state index in [1.54, 1.807) is 24.3 Å². The minimum Gasteiger partial charge on any atom is -0.486 e. The van der Waals surface area contributed by atoms with Crippen LogP contribution in [0.1, 0.15) is 51.9 Å². The zero-order chi connectivity index (χ0) is 27.6. The van der Waals surface area contributed by atoms with Crippen LogP contribution in [0.2, 0.25) is 0 Å². The Balaban J connectivity index is 1.16. The van der Waals surface area contributed by atoms with Gasteiger partial charge in [-0.3, -0.25) is 14.5 Å². The first-order valence-electron chi connectivity index (χ1n) is 14.0. The van der Waals surface area contributed by atoms with Gasteiger partial charge in [0, 0.05) is 45.2 Å². The lowest BCUT2D eigenvalue weighted by molar-refractivity contribution is -0.134. The van der Waals surface area contributed by atoms with E-state index in [-0.39, 0.29) is 36.2 Å². The van der Waals surface area contributed by atoms with Crippen molar-refractivity contribution in [1.82, 2.24) is 14.7 Å². The van der Waals surface area contributed by atoms with Crippen LogP contribution in [0.25, 0.3) is 0 Å². The maximum atomic E-state index is 13.7. The number of benzene rings is 2. The van der Waals surface area contributed by atoms with E-state index in [2.05, 4.69) is 11.5 Å². The molecule has 8 heteroatoms. The molecule has 7 nitrogen and oxygen atoms in total. The number of fused-ring (bicyclic) bond motifs is 1. The fourth-order valence-electron chi connectivity index (χ4n) is 5.69. The number of carbonyl (C=O) groups excluding carboxylic acids is 2. The summed E-state index contributed by atoms with van der Waals surface area (Å²) in [7, 11) is 0. The van der Waals surface area contributed by atoms with E-state index in [1.807, 2.05) is 34.1 Å². The Morgan fingerprint density at radius 3 is 2.50 bits per heavy atom. The molecule has 0 unspecified atom stereocenters. The molecule has 2 aromatic carbocycles. The van der Waals surface area contributed by atoms with Gasteiger partial charge in [0.2, 0.25) is 5.91 Å². The quantitative estimate of drug-likeness (QED) is 0.381. The second-order valence-electron chi connectivity index (χ2n) is 10.8. The van der Waals surface area contributed by atoms with Crippen molar-refractivity contribution >= 4 is 11.8 Å². The summed E-state index contributed by atoms with van der Waals surface area (Å²) in [6.45, 7) is 8.36. The van der Waals surface area contributed by atoms with Crippen molar-refractivity contribution in [3.63, 3.8) is 0 Å². The number of piperazine rings is 1. The third kappa shape index (κ3) is 5.54. The highest BCUT2D eigenvalue weighted by molar-refractivity contribution is 5.91. The van der Waals surface area contributed by atoms with Gasteiger partial charge in [-0.15, -0.1) is 6.58 Å². The summed E-state index contributed by atoms with van der Waals surface area (Å²) >= 11 is 0. The first-order valence-corrected chi connectivity index (χ1v) is 14.0. The van der Waals surface area contributed by atoms with Crippen LogP contribution in [0, 0.1) is 11.7 Å². The minimum atomic E-state index is -0.303. The Morgan fingerprint density at radius 1 is 1.00 bits per heavy atom. The predicted octanol–water partition coefficient (Wildman–Crippen LogP) is 4.83.